The Bertz CT molecular complexity index is 947. The van der Waals surface area contributed by atoms with Crippen molar-refractivity contribution in [3.63, 3.8) is 0 Å². The third-order valence-electron chi connectivity index (χ3n) is 3.85. The molecule has 5 nitrogen and oxygen atoms in total. The molecular formula is C20H14BrNO4. The number of carboxylic acids is 1. The first-order valence-electron chi connectivity index (χ1n) is 7.78. The Kier molecular flexibility index (Phi) is 5.14. The molecule has 0 atom stereocenters. The first-order valence-corrected chi connectivity index (χ1v) is 8.58. The minimum Gasteiger partial charge on any atom is -0.480 e. The Morgan fingerprint density at radius 2 is 1.58 bits per heavy atom. The molecule has 0 fully saturated rings. The first kappa shape index (κ1) is 17.8. The Labute approximate surface area is 158 Å². The number of rotatable bonds is 4. The highest BCUT2D eigenvalue weighted by atomic mass is 79.9. The highest BCUT2D eigenvalue weighted by Crippen LogP contribution is 2.30. The molecule has 0 aromatic heterocycles. The van der Waals surface area contributed by atoms with Crippen LogP contribution in [0.4, 0.5) is 0 Å². The van der Waals surface area contributed by atoms with Gasteiger partial charge in [0.15, 0.2) is 0 Å². The van der Waals surface area contributed by atoms with E-state index >= 15 is 0 Å². The molecule has 1 aliphatic heterocycles. The van der Waals surface area contributed by atoms with Crippen molar-refractivity contribution < 1.29 is 19.5 Å². The molecular weight excluding hydrogens is 398 g/mol. The average molecular weight is 412 g/mol. The molecule has 0 bridgehead atoms. The summed E-state index contributed by atoms with van der Waals surface area (Å²) in [4.78, 5) is 37.0. The zero-order valence-electron chi connectivity index (χ0n) is 13.6. The van der Waals surface area contributed by atoms with E-state index < -0.39 is 24.3 Å². The van der Waals surface area contributed by atoms with Gasteiger partial charge in [-0.25, -0.2) is 0 Å². The van der Waals surface area contributed by atoms with Crippen LogP contribution in [-0.4, -0.2) is 34.3 Å². The van der Waals surface area contributed by atoms with E-state index in [9.17, 15) is 14.4 Å². The van der Waals surface area contributed by atoms with Crippen LogP contribution in [0.25, 0.3) is 11.6 Å². The number of carboxylic acid groups (broad SMARTS) is 1. The number of imide groups is 1. The number of nitrogens with zero attached hydrogens (tertiary/aromatic N) is 1. The lowest BCUT2D eigenvalue weighted by Crippen LogP contribution is -2.44. The van der Waals surface area contributed by atoms with Crippen LogP contribution in [0, 0.1) is 0 Å². The van der Waals surface area contributed by atoms with Crippen molar-refractivity contribution in [2.75, 3.05) is 6.54 Å². The van der Waals surface area contributed by atoms with Crippen molar-refractivity contribution in [1.82, 2.24) is 4.90 Å². The van der Waals surface area contributed by atoms with E-state index in [1.165, 1.54) is 0 Å². The van der Waals surface area contributed by atoms with Gasteiger partial charge in [0.2, 0.25) is 0 Å². The molecule has 1 aliphatic rings. The Morgan fingerprint density at radius 3 is 2.23 bits per heavy atom. The number of halogens is 1. The average Bonchev–Trinajstić information content (AvgIpc) is 2.63. The summed E-state index contributed by atoms with van der Waals surface area (Å²) in [6.07, 6.45) is 3.44. The number of hydrogen-bond acceptors (Lipinski definition) is 3. The van der Waals surface area contributed by atoms with E-state index in [0.29, 0.717) is 15.6 Å². The summed E-state index contributed by atoms with van der Waals surface area (Å²) in [5.74, 6) is -2.48. The minimum absolute atomic E-state index is 0.264. The van der Waals surface area contributed by atoms with Crippen LogP contribution in [0.15, 0.2) is 65.2 Å². The topological polar surface area (TPSA) is 74.7 Å². The molecule has 26 heavy (non-hydrogen) atoms. The summed E-state index contributed by atoms with van der Waals surface area (Å²) < 4.78 is 0.631. The maximum atomic E-state index is 12.7. The SMILES string of the molecule is O=C(O)CN1C(=O)C(=C/C(Br)=C/c2ccccc2)c2ccccc2C1=O. The standard InChI is InChI=1S/C20H14BrNO4/c21-14(10-13-6-2-1-3-7-13)11-17-15-8-4-5-9-16(15)19(25)22(20(17)26)12-18(23)24/h1-11H,12H2,(H,23,24)/b14-10-,17-11?. The van der Waals surface area contributed by atoms with Crippen LogP contribution in [0.5, 0.6) is 0 Å². The van der Waals surface area contributed by atoms with E-state index in [4.69, 9.17) is 5.11 Å². The normalized spacial score (nSPS) is 16.0. The van der Waals surface area contributed by atoms with Crippen LogP contribution in [0.2, 0.25) is 0 Å². The molecule has 0 radical (unpaired) electrons. The summed E-state index contributed by atoms with van der Waals surface area (Å²) in [6.45, 7) is -0.677. The van der Waals surface area contributed by atoms with E-state index in [0.717, 1.165) is 10.5 Å². The van der Waals surface area contributed by atoms with Gasteiger partial charge in [0.05, 0.1) is 0 Å². The first-order chi connectivity index (χ1) is 12.5. The van der Waals surface area contributed by atoms with Crippen molar-refractivity contribution in [2.24, 2.45) is 0 Å². The van der Waals surface area contributed by atoms with Gasteiger partial charge in [0.25, 0.3) is 11.8 Å². The second-order valence-electron chi connectivity index (χ2n) is 5.63. The molecule has 2 aromatic carbocycles. The van der Waals surface area contributed by atoms with Gasteiger partial charge in [-0.3, -0.25) is 19.3 Å². The van der Waals surface area contributed by atoms with E-state index in [1.54, 1.807) is 30.3 Å². The minimum atomic E-state index is -1.25. The van der Waals surface area contributed by atoms with Gasteiger partial charge in [-0.15, -0.1) is 0 Å². The number of hydrogen-bond donors (Lipinski definition) is 1. The Hall–Kier alpha value is -2.99. The molecule has 2 aromatic rings. The lowest BCUT2D eigenvalue weighted by molar-refractivity contribution is -0.141. The van der Waals surface area contributed by atoms with Crippen LogP contribution >= 0.6 is 15.9 Å². The molecule has 0 unspecified atom stereocenters. The maximum absolute atomic E-state index is 12.7. The van der Waals surface area contributed by atoms with Crippen molar-refractivity contribution >= 4 is 45.4 Å². The van der Waals surface area contributed by atoms with Crippen molar-refractivity contribution in [3.8, 4) is 0 Å². The van der Waals surface area contributed by atoms with Crippen LogP contribution in [-0.2, 0) is 9.59 Å². The van der Waals surface area contributed by atoms with Crippen LogP contribution < -0.4 is 0 Å². The Morgan fingerprint density at radius 1 is 0.962 bits per heavy atom. The molecule has 0 spiro atoms. The number of aliphatic carboxylic acids is 1. The molecule has 6 heteroatoms. The number of benzene rings is 2. The lowest BCUT2D eigenvalue weighted by atomic mass is 9.93. The van der Waals surface area contributed by atoms with Gasteiger partial charge < -0.3 is 5.11 Å². The largest absolute Gasteiger partial charge is 0.480 e. The fourth-order valence-corrected chi connectivity index (χ4v) is 3.20. The molecule has 1 heterocycles. The zero-order valence-corrected chi connectivity index (χ0v) is 15.1. The summed E-state index contributed by atoms with van der Waals surface area (Å²) in [6, 6.07) is 16.2. The predicted octanol–water partition coefficient (Wildman–Crippen LogP) is 3.57. The van der Waals surface area contributed by atoms with Gasteiger partial charge in [0.1, 0.15) is 6.54 Å². The maximum Gasteiger partial charge on any atom is 0.323 e. The number of allylic oxidation sites excluding steroid dienone is 2. The lowest BCUT2D eigenvalue weighted by Gasteiger charge is -2.27. The monoisotopic (exact) mass is 411 g/mol. The van der Waals surface area contributed by atoms with E-state index in [2.05, 4.69) is 15.9 Å². The smallest absolute Gasteiger partial charge is 0.323 e. The third kappa shape index (κ3) is 3.65. The zero-order chi connectivity index (χ0) is 18.7. The van der Waals surface area contributed by atoms with Gasteiger partial charge in [-0.2, -0.15) is 0 Å². The van der Waals surface area contributed by atoms with Crippen molar-refractivity contribution in [3.05, 3.63) is 81.8 Å². The second kappa shape index (κ2) is 7.49. The second-order valence-corrected chi connectivity index (χ2v) is 6.55. The summed E-state index contributed by atoms with van der Waals surface area (Å²) in [5, 5.41) is 9.03. The molecule has 2 amide bonds. The molecule has 0 saturated carbocycles. The molecule has 0 aliphatic carbocycles. The van der Waals surface area contributed by atoms with Crippen molar-refractivity contribution in [2.45, 2.75) is 0 Å². The van der Waals surface area contributed by atoms with Crippen molar-refractivity contribution in [1.29, 1.82) is 0 Å². The van der Waals surface area contributed by atoms with E-state index in [1.807, 2.05) is 36.4 Å². The van der Waals surface area contributed by atoms with Crippen LogP contribution in [0.1, 0.15) is 21.5 Å². The van der Waals surface area contributed by atoms with Gasteiger partial charge in [0, 0.05) is 15.6 Å². The van der Waals surface area contributed by atoms with Gasteiger partial charge >= 0.3 is 5.97 Å². The quantitative estimate of drug-likeness (QED) is 0.616. The summed E-state index contributed by atoms with van der Waals surface area (Å²) >= 11 is 3.43. The fourth-order valence-electron chi connectivity index (χ4n) is 2.71. The summed E-state index contributed by atoms with van der Waals surface area (Å²) in [5.41, 5.74) is 1.99. The highest BCUT2D eigenvalue weighted by molar-refractivity contribution is 9.12. The Balaban J connectivity index is 2.08. The molecule has 0 saturated heterocycles. The molecule has 3 rings (SSSR count). The van der Waals surface area contributed by atoms with E-state index in [-0.39, 0.29) is 5.57 Å². The number of carbonyl (C=O) groups is 3. The number of fused-ring (bicyclic) bond motifs is 1. The molecule has 130 valence electrons. The van der Waals surface area contributed by atoms with Crippen LogP contribution in [0.3, 0.4) is 0 Å². The third-order valence-corrected chi connectivity index (χ3v) is 4.31. The molecule has 1 N–H and O–H groups in total. The van der Waals surface area contributed by atoms with Gasteiger partial charge in [-0.05, 0) is 29.3 Å². The summed E-state index contributed by atoms with van der Waals surface area (Å²) in [7, 11) is 0. The van der Waals surface area contributed by atoms with Gasteiger partial charge in [-0.1, -0.05) is 64.5 Å². The number of amides is 2. The highest BCUT2D eigenvalue weighted by Gasteiger charge is 2.35. The number of carbonyl (C=O) groups excluding carboxylic acids is 2. The predicted molar refractivity (Wildman–Crippen MR) is 101 cm³/mol. The fraction of sp³-hybridized carbons (Fsp3) is 0.0500.